The number of anilines is 2. The van der Waals surface area contributed by atoms with Crippen molar-refractivity contribution in [1.29, 1.82) is 0 Å². The van der Waals surface area contributed by atoms with Gasteiger partial charge < -0.3 is 10.6 Å². The maximum absolute atomic E-state index is 12.0. The van der Waals surface area contributed by atoms with Crippen LogP contribution in [0.5, 0.6) is 0 Å². The van der Waals surface area contributed by atoms with Crippen LogP contribution in [0, 0.1) is 0 Å². The van der Waals surface area contributed by atoms with E-state index >= 15 is 0 Å². The second-order valence-electron chi connectivity index (χ2n) is 3.74. The molecule has 0 aliphatic rings. The molecule has 0 radical (unpaired) electrons. The number of halogens is 2. The Bertz CT molecular complexity index is 617. The van der Waals surface area contributed by atoms with Crippen LogP contribution in [-0.4, -0.2) is 17.9 Å². The van der Waals surface area contributed by atoms with Crippen LogP contribution in [0.3, 0.4) is 0 Å². The van der Waals surface area contributed by atoms with Gasteiger partial charge in [0.05, 0.1) is 10.7 Å². The second-order valence-corrected chi connectivity index (χ2v) is 4.58. The number of aromatic nitrogens is 1. The molecule has 0 spiro atoms. The van der Waals surface area contributed by atoms with Crippen LogP contribution >= 0.6 is 23.2 Å². The van der Waals surface area contributed by atoms with E-state index in [9.17, 15) is 4.79 Å². The number of carbonyl (C=O) groups excluding carboxylic acids is 1. The average Bonchev–Trinajstić information content (AvgIpc) is 2.43. The SMILES string of the molecule is CNc1cccc(C(=O)Nc2cc(Cl)ccc2Cl)n1. The van der Waals surface area contributed by atoms with Crippen molar-refractivity contribution < 1.29 is 4.79 Å². The lowest BCUT2D eigenvalue weighted by Crippen LogP contribution is -2.14. The Kier molecular flexibility index (Phi) is 4.24. The Balaban J connectivity index is 2.22. The molecule has 0 aliphatic heterocycles. The van der Waals surface area contributed by atoms with Crippen LogP contribution in [0.1, 0.15) is 10.5 Å². The van der Waals surface area contributed by atoms with Crippen molar-refractivity contribution in [2.24, 2.45) is 0 Å². The molecule has 1 aromatic heterocycles. The van der Waals surface area contributed by atoms with Crippen molar-refractivity contribution in [2.45, 2.75) is 0 Å². The largest absolute Gasteiger partial charge is 0.373 e. The quantitative estimate of drug-likeness (QED) is 0.908. The van der Waals surface area contributed by atoms with Gasteiger partial charge in [-0.05, 0) is 30.3 Å². The normalized spacial score (nSPS) is 10.1. The van der Waals surface area contributed by atoms with Gasteiger partial charge in [0, 0.05) is 12.1 Å². The van der Waals surface area contributed by atoms with Gasteiger partial charge in [0.1, 0.15) is 11.5 Å². The van der Waals surface area contributed by atoms with Crippen LogP contribution in [0.2, 0.25) is 10.0 Å². The molecule has 0 fully saturated rings. The third kappa shape index (κ3) is 3.36. The molecule has 2 rings (SSSR count). The number of hydrogen-bond donors (Lipinski definition) is 2. The molecule has 0 aliphatic carbocycles. The summed E-state index contributed by atoms with van der Waals surface area (Å²) >= 11 is 11.8. The smallest absolute Gasteiger partial charge is 0.274 e. The van der Waals surface area contributed by atoms with Crippen molar-refractivity contribution in [3.63, 3.8) is 0 Å². The third-order valence-electron chi connectivity index (χ3n) is 2.41. The molecule has 2 N–H and O–H groups in total. The van der Waals surface area contributed by atoms with Crippen LogP contribution in [0.25, 0.3) is 0 Å². The summed E-state index contributed by atoms with van der Waals surface area (Å²) in [6.07, 6.45) is 0. The Morgan fingerprint density at radius 3 is 2.74 bits per heavy atom. The lowest BCUT2D eigenvalue weighted by molar-refractivity contribution is 0.102. The molecule has 0 atom stereocenters. The molecule has 2 aromatic rings. The zero-order valence-electron chi connectivity index (χ0n) is 10.1. The Hall–Kier alpha value is -1.78. The Labute approximate surface area is 120 Å². The third-order valence-corrected chi connectivity index (χ3v) is 2.98. The van der Waals surface area contributed by atoms with Crippen molar-refractivity contribution in [3.8, 4) is 0 Å². The summed E-state index contributed by atoms with van der Waals surface area (Å²) in [5, 5.41) is 6.46. The molecule has 19 heavy (non-hydrogen) atoms. The second kappa shape index (κ2) is 5.91. The molecule has 0 saturated carbocycles. The van der Waals surface area contributed by atoms with Gasteiger partial charge in [-0.15, -0.1) is 0 Å². The van der Waals surface area contributed by atoms with E-state index in [1.54, 1.807) is 43.4 Å². The molecular formula is C13H11Cl2N3O. The number of pyridine rings is 1. The monoisotopic (exact) mass is 295 g/mol. The van der Waals surface area contributed by atoms with Crippen LogP contribution in [0.4, 0.5) is 11.5 Å². The number of carbonyl (C=O) groups is 1. The average molecular weight is 296 g/mol. The number of hydrogen-bond acceptors (Lipinski definition) is 3. The topological polar surface area (TPSA) is 54.0 Å². The van der Waals surface area contributed by atoms with Gasteiger partial charge >= 0.3 is 0 Å². The molecular weight excluding hydrogens is 285 g/mol. The van der Waals surface area contributed by atoms with Gasteiger partial charge in [-0.2, -0.15) is 0 Å². The van der Waals surface area contributed by atoms with E-state index in [-0.39, 0.29) is 5.91 Å². The summed E-state index contributed by atoms with van der Waals surface area (Å²) in [4.78, 5) is 16.2. The summed E-state index contributed by atoms with van der Waals surface area (Å²) < 4.78 is 0. The predicted molar refractivity (Wildman–Crippen MR) is 78.2 cm³/mol. The van der Waals surface area contributed by atoms with Crippen molar-refractivity contribution in [1.82, 2.24) is 4.98 Å². The maximum atomic E-state index is 12.0. The van der Waals surface area contributed by atoms with E-state index in [4.69, 9.17) is 23.2 Å². The number of nitrogens with one attached hydrogen (secondary N) is 2. The predicted octanol–water partition coefficient (Wildman–Crippen LogP) is 3.68. The number of amides is 1. The standard InChI is InChI=1S/C13H11Cl2N3O/c1-16-12-4-2-3-10(17-12)13(19)18-11-7-8(14)5-6-9(11)15/h2-7H,1H3,(H,16,17)(H,18,19). The molecule has 1 amide bonds. The minimum Gasteiger partial charge on any atom is -0.373 e. The highest BCUT2D eigenvalue weighted by molar-refractivity contribution is 6.35. The fraction of sp³-hybridized carbons (Fsp3) is 0.0769. The van der Waals surface area contributed by atoms with Gasteiger partial charge in [-0.3, -0.25) is 4.79 Å². The minimum atomic E-state index is -0.346. The van der Waals surface area contributed by atoms with Gasteiger partial charge in [0.2, 0.25) is 0 Å². The fourth-order valence-corrected chi connectivity index (χ4v) is 1.82. The molecule has 6 heteroatoms. The Morgan fingerprint density at radius 1 is 1.21 bits per heavy atom. The molecule has 4 nitrogen and oxygen atoms in total. The van der Waals surface area contributed by atoms with E-state index in [1.807, 2.05) is 0 Å². The van der Waals surface area contributed by atoms with Gasteiger partial charge in [0.15, 0.2) is 0 Å². The van der Waals surface area contributed by atoms with Crippen LogP contribution in [-0.2, 0) is 0 Å². The first-order valence-corrected chi connectivity index (χ1v) is 6.27. The highest BCUT2D eigenvalue weighted by Crippen LogP contribution is 2.25. The first-order valence-electron chi connectivity index (χ1n) is 5.51. The van der Waals surface area contributed by atoms with Crippen LogP contribution in [0.15, 0.2) is 36.4 Å². The zero-order chi connectivity index (χ0) is 13.8. The zero-order valence-corrected chi connectivity index (χ0v) is 11.6. The van der Waals surface area contributed by atoms with Crippen molar-refractivity contribution >= 4 is 40.6 Å². The van der Waals surface area contributed by atoms with Crippen LogP contribution < -0.4 is 10.6 Å². The lowest BCUT2D eigenvalue weighted by atomic mass is 10.3. The number of rotatable bonds is 3. The Morgan fingerprint density at radius 2 is 2.00 bits per heavy atom. The molecule has 98 valence electrons. The van der Waals surface area contributed by atoms with Gasteiger partial charge in [-0.25, -0.2) is 4.98 Å². The molecule has 0 bridgehead atoms. The summed E-state index contributed by atoms with van der Waals surface area (Å²) in [6.45, 7) is 0. The van der Waals surface area contributed by atoms with E-state index in [0.717, 1.165) is 0 Å². The number of nitrogens with zero attached hydrogens (tertiary/aromatic N) is 1. The molecule has 1 aromatic carbocycles. The number of benzene rings is 1. The highest BCUT2D eigenvalue weighted by atomic mass is 35.5. The van der Waals surface area contributed by atoms with E-state index in [2.05, 4.69) is 15.6 Å². The van der Waals surface area contributed by atoms with E-state index in [0.29, 0.717) is 27.2 Å². The van der Waals surface area contributed by atoms with Gasteiger partial charge in [-0.1, -0.05) is 29.3 Å². The highest BCUT2D eigenvalue weighted by Gasteiger charge is 2.10. The van der Waals surface area contributed by atoms with E-state index in [1.165, 1.54) is 0 Å². The first kappa shape index (κ1) is 13.6. The lowest BCUT2D eigenvalue weighted by Gasteiger charge is -2.08. The molecule has 0 saturated heterocycles. The first-order chi connectivity index (χ1) is 9.10. The summed E-state index contributed by atoms with van der Waals surface area (Å²) in [5.74, 6) is 0.270. The van der Waals surface area contributed by atoms with Crippen molar-refractivity contribution in [3.05, 3.63) is 52.1 Å². The minimum absolute atomic E-state index is 0.294. The summed E-state index contributed by atoms with van der Waals surface area (Å²) in [5.41, 5.74) is 0.749. The fourth-order valence-electron chi connectivity index (χ4n) is 1.48. The van der Waals surface area contributed by atoms with Crippen molar-refractivity contribution in [2.75, 3.05) is 17.7 Å². The molecule has 0 unspecified atom stereocenters. The van der Waals surface area contributed by atoms with Gasteiger partial charge in [0.25, 0.3) is 5.91 Å². The van der Waals surface area contributed by atoms with E-state index < -0.39 is 0 Å². The summed E-state index contributed by atoms with van der Waals surface area (Å²) in [7, 11) is 1.73. The summed E-state index contributed by atoms with van der Waals surface area (Å²) in [6, 6.07) is 9.99. The molecule has 1 heterocycles. The maximum Gasteiger partial charge on any atom is 0.274 e.